The fourth-order valence-electron chi connectivity index (χ4n) is 4.82. The second-order valence-electron chi connectivity index (χ2n) is 7.31. The minimum atomic E-state index is -0.808. The minimum absolute atomic E-state index is 0.0969. The average Bonchev–Trinajstić information content (AvgIpc) is 2.40. The molecule has 118 valence electrons. The topological polar surface area (TPSA) is 74.6 Å². The molecule has 0 aromatic carbocycles. The molecule has 0 aliphatic heterocycles. The Hall–Kier alpha value is -1.32. The van der Waals surface area contributed by atoms with Gasteiger partial charge in [-0.2, -0.15) is 0 Å². The van der Waals surface area contributed by atoms with Crippen LogP contribution >= 0.6 is 0 Å². The number of rotatable bonds is 4. The van der Waals surface area contributed by atoms with Gasteiger partial charge in [-0.05, 0) is 49.4 Å². The molecule has 0 bridgehead atoms. The van der Waals surface area contributed by atoms with E-state index in [1.54, 1.807) is 0 Å². The van der Waals surface area contributed by atoms with Crippen LogP contribution in [0.1, 0.15) is 59.3 Å². The van der Waals surface area contributed by atoms with Crippen LogP contribution in [0, 0.1) is 22.7 Å². The molecule has 2 rings (SSSR count). The molecule has 21 heavy (non-hydrogen) atoms. The van der Waals surface area contributed by atoms with Gasteiger partial charge in [-0.25, -0.2) is 4.79 Å². The Morgan fingerprint density at radius 2 is 1.95 bits per heavy atom. The van der Waals surface area contributed by atoms with Gasteiger partial charge in [-0.15, -0.1) is 0 Å². The maximum atomic E-state index is 11.6. The lowest BCUT2D eigenvalue weighted by Gasteiger charge is -2.57. The van der Waals surface area contributed by atoms with Crippen molar-refractivity contribution in [2.45, 2.75) is 59.3 Å². The summed E-state index contributed by atoms with van der Waals surface area (Å²) in [5, 5.41) is 18.6. The third kappa shape index (κ3) is 2.60. The van der Waals surface area contributed by atoms with E-state index in [0.717, 1.165) is 25.7 Å². The lowest BCUT2D eigenvalue weighted by Crippen LogP contribution is -2.51. The molecule has 4 atom stereocenters. The number of hydrogen-bond donors (Lipinski definition) is 2. The Labute approximate surface area is 126 Å². The van der Waals surface area contributed by atoms with Crippen molar-refractivity contribution in [2.75, 3.05) is 0 Å². The van der Waals surface area contributed by atoms with Crippen LogP contribution in [0.15, 0.2) is 11.6 Å². The number of allylic oxidation sites excluding steroid dienone is 1. The van der Waals surface area contributed by atoms with E-state index in [0.29, 0.717) is 17.9 Å². The maximum absolute atomic E-state index is 11.6. The van der Waals surface area contributed by atoms with Gasteiger partial charge in [0, 0.05) is 17.4 Å². The van der Waals surface area contributed by atoms with Gasteiger partial charge in [0.05, 0.1) is 0 Å². The predicted molar refractivity (Wildman–Crippen MR) is 79.9 cm³/mol. The van der Waals surface area contributed by atoms with Crippen LogP contribution in [0.3, 0.4) is 0 Å². The minimum Gasteiger partial charge on any atom is -0.481 e. The highest BCUT2D eigenvalue weighted by Gasteiger charge is 2.55. The molecule has 2 aliphatic carbocycles. The number of fused-ring (bicyclic) bond motifs is 1. The third-order valence-electron chi connectivity index (χ3n) is 6.31. The van der Waals surface area contributed by atoms with Gasteiger partial charge in [-0.1, -0.05) is 26.8 Å². The number of carboxylic acid groups (broad SMARTS) is 2. The van der Waals surface area contributed by atoms with E-state index < -0.39 is 11.9 Å². The van der Waals surface area contributed by atoms with Crippen LogP contribution in [0.25, 0.3) is 0 Å². The van der Waals surface area contributed by atoms with Gasteiger partial charge in [-0.3, -0.25) is 4.79 Å². The largest absolute Gasteiger partial charge is 0.481 e. The smallest absolute Gasteiger partial charge is 0.331 e. The lowest BCUT2D eigenvalue weighted by atomic mass is 9.47. The molecule has 0 aromatic rings. The summed E-state index contributed by atoms with van der Waals surface area (Å²) < 4.78 is 0. The van der Waals surface area contributed by atoms with Crippen molar-refractivity contribution >= 4 is 11.9 Å². The molecule has 0 radical (unpaired) electrons. The summed E-state index contributed by atoms with van der Waals surface area (Å²) in [6, 6.07) is 0. The number of hydrogen-bond acceptors (Lipinski definition) is 2. The lowest BCUT2D eigenvalue weighted by molar-refractivity contribution is -0.141. The summed E-state index contributed by atoms with van der Waals surface area (Å²) in [4.78, 5) is 22.6. The molecule has 0 unspecified atom stereocenters. The molecule has 4 nitrogen and oxygen atoms in total. The van der Waals surface area contributed by atoms with Gasteiger partial charge in [0.25, 0.3) is 0 Å². The number of carboxylic acids is 2. The first-order valence-corrected chi connectivity index (χ1v) is 7.87. The van der Waals surface area contributed by atoms with E-state index >= 15 is 0 Å². The molecule has 4 heteroatoms. The highest BCUT2D eigenvalue weighted by molar-refractivity contribution is 5.88. The molecule has 0 saturated heterocycles. The van der Waals surface area contributed by atoms with Crippen LogP contribution in [-0.2, 0) is 9.59 Å². The molecule has 2 aliphatic rings. The molecular formula is C17H26O4. The van der Waals surface area contributed by atoms with Crippen molar-refractivity contribution in [3.63, 3.8) is 0 Å². The summed E-state index contributed by atoms with van der Waals surface area (Å²) in [6.45, 7) is 6.44. The van der Waals surface area contributed by atoms with E-state index in [9.17, 15) is 14.7 Å². The van der Waals surface area contributed by atoms with Gasteiger partial charge >= 0.3 is 11.9 Å². The van der Waals surface area contributed by atoms with E-state index in [1.807, 2.05) is 6.08 Å². The number of aliphatic carboxylic acids is 2. The Bertz CT molecular complexity index is 481. The van der Waals surface area contributed by atoms with Crippen LogP contribution in [0.2, 0.25) is 0 Å². The normalized spacial score (nSPS) is 39.3. The van der Waals surface area contributed by atoms with Gasteiger partial charge in [0.1, 0.15) is 0 Å². The number of carbonyl (C=O) groups is 2. The van der Waals surface area contributed by atoms with Crippen molar-refractivity contribution in [1.29, 1.82) is 0 Å². The van der Waals surface area contributed by atoms with E-state index in [1.165, 1.54) is 0 Å². The summed E-state index contributed by atoms with van der Waals surface area (Å²) >= 11 is 0. The Balaban J connectivity index is 2.37. The second-order valence-corrected chi connectivity index (χ2v) is 7.31. The van der Waals surface area contributed by atoms with Crippen LogP contribution in [0.4, 0.5) is 0 Å². The standard InChI is InChI=1S/C17H26O4/c1-11-7-9-17(3)12(15(20)21)5-4-6-13(17)16(11,2)10-8-14(18)19/h5,11,13H,4,6-10H2,1-3H3,(H,18,19)(H,20,21)/t11-,13-,16+,17+/m1/s1. The highest BCUT2D eigenvalue weighted by Crippen LogP contribution is 2.61. The highest BCUT2D eigenvalue weighted by atomic mass is 16.4. The fraction of sp³-hybridized carbons (Fsp3) is 0.765. The molecule has 0 heterocycles. The molecule has 1 fully saturated rings. The molecule has 0 amide bonds. The molecule has 2 N–H and O–H groups in total. The Kier molecular flexibility index (Phi) is 4.18. The summed E-state index contributed by atoms with van der Waals surface area (Å²) in [5.74, 6) is -0.884. The quantitative estimate of drug-likeness (QED) is 0.828. The fourth-order valence-corrected chi connectivity index (χ4v) is 4.82. The zero-order valence-electron chi connectivity index (χ0n) is 13.2. The zero-order valence-corrected chi connectivity index (χ0v) is 13.2. The summed E-state index contributed by atoms with van der Waals surface area (Å²) in [6.07, 6.45) is 6.29. The maximum Gasteiger partial charge on any atom is 0.331 e. The van der Waals surface area contributed by atoms with Crippen LogP contribution < -0.4 is 0 Å². The first-order valence-electron chi connectivity index (χ1n) is 7.87. The van der Waals surface area contributed by atoms with E-state index in [4.69, 9.17) is 5.11 Å². The van der Waals surface area contributed by atoms with Gasteiger partial charge in [0.15, 0.2) is 0 Å². The first-order chi connectivity index (χ1) is 9.71. The summed E-state index contributed by atoms with van der Waals surface area (Å²) in [7, 11) is 0. The van der Waals surface area contributed by atoms with Crippen molar-refractivity contribution < 1.29 is 19.8 Å². The van der Waals surface area contributed by atoms with Gasteiger partial charge < -0.3 is 10.2 Å². The monoisotopic (exact) mass is 294 g/mol. The van der Waals surface area contributed by atoms with Crippen LogP contribution in [0.5, 0.6) is 0 Å². The van der Waals surface area contributed by atoms with Crippen molar-refractivity contribution in [3.8, 4) is 0 Å². The van der Waals surface area contributed by atoms with Crippen LogP contribution in [-0.4, -0.2) is 22.2 Å². The SMILES string of the molecule is C[C@@H]1CC[C@@]2(C)C(C(=O)O)=CCC[C@@H]2[C@@]1(C)CCC(=O)O. The summed E-state index contributed by atoms with van der Waals surface area (Å²) in [5.41, 5.74) is 0.136. The molecular weight excluding hydrogens is 268 g/mol. The van der Waals surface area contributed by atoms with Crippen molar-refractivity contribution in [1.82, 2.24) is 0 Å². The second kappa shape index (κ2) is 5.47. The molecule has 1 saturated carbocycles. The van der Waals surface area contributed by atoms with Gasteiger partial charge in [0.2, 0.25) is 0 Å². The van der Waals surface area contributed by atoms with E-state index in [-0.39, 0.29) is 23.2 Å². The third-order valence-corrected chi connectivity index (χ3v) is 6.31. The average molecular weight is 294 g/mol. The van der Waals surface area contributed by atoms with E-state index in [2.05, 4.69) is 20.8 Å². The molecule has 0 spiro atoms. The predicted octanol–water partition coefficient (Wildman–Crippen LogP) is 3.71. The Morgan fingerprint density at radius 3 is 2.52 bits per heavy atom. The van der Waals surface area contributed by atoms with Crippen molar-refractivity contribution in [2.24, 2.45) is 22.7 Å². The molecule has 0 aromatic heterocycles. The first kappa shape index (κ1) is 16.1. The Morgan fingerprint density at radius 1 is 1.29 bits per heavy atom. The van der Waals surface area contributed by atoms with Crippen molar-refractivity contribution in [3.05, 3.63) is 11.6 Å². The zero-order chi connectivity index (χ0) is 15.8.